The van der Waals surface area contributed by atoms with Crippen molar-refractivity contribution in [1.82, 2.24) is 24.6 Å². The monoisotopic (exact) mass is 651 g/mol. The van der Waals surface area contributed by atoms with E-state index in [-0.39, 0.29) is 34.7 Å². The highest BCUT2D eigenvalue weighted by molar-refractivity contribution is 8.00. The van der Waals surface area contributed by atoms with Gasteiger partial charge < -0.3 is 40.7 Å². The minimum absolute atomic E-state index is 0.00757. The highest BCUT2D eigenvalue weighted by Gasteiger charge is 2.55. The van der Waals surface area contributed by atoms with Gasteiger partial charge in [-0.05, 0) is 13.8 Å². The Balaban J connectivity index is 1.50. The average molecular weight is 652 g/mol. The van der Waals surface area contributed by atoms with Crippen LogP contribution in [0.4, 0.5) is 5.13 Å². The molecule has 0 saturated carbocycles. The number of nitrogens with one attached hydrogen (secondary N) is 2. The SMILES string of the molecule is CC(C)(ON=C(C(=O)N[C@@H]1C(=O)N2C(C(=O)O)=C(C[N+](C)(C)CCc3cc(=O)c(O)c[nH]3)CS[C@@H]12)c1nsc(N)n1)C(=O)O. The predicted molar refractivity (Wildman–Crippen MR) is 158 cm³/mol. The average Bonchev–Trinajstić information content (AvgIpc) is 3.37. The Bertz CT molecular complexity index is 1630. The number of hydrogen-bond acceptors (Lipinski definition) is 13. The van der Waals surface area contributed by atoms with E-state index in [9.17, 15) is 39.3 Å². The molecule has 1 saturated heterocycles. The number of amides is 2. The molecule has 0 spiro atoms. The van der Waals surface area contributed by atoms with E-state index in [4.69, 9.17) is 10.6 Å². The molecule has 19 heteroatoms. The van der Waals surface area contributed by atoms with Crippen molar-refractivity contribution in [2.75, 3.05) is 38.7 Å². The number of fused-ring (bicyclic) bond motifs is 1. The molecule has 0 bridgehead atoms. The van der Waals surface area contributed by atoms with Crippen molar-refractivity contribution < 1.29 is 43.8 Å². The minimum atomic E-state index is -1.80. The van der Waals surface area contributed by atoms with Crippen molar-refractivity contribution in [3.8, 4) is 5.75 Å². The van der Waals surface area contributed by atoms with Gasteiger partial charge in [0.1, 0.15) is 23.7 Å². The second-order valence-corrected chi connectivity index (χ2v) is 13.1. The molecule has 2 aliphatic rings. The number of carboxylic acids is 2. The van der Waals surface area contributed by atoms with Gasteiger partial charge >= 0.3 is 11.9 Å². The van der Waals surface area contributed by atoms with Gasteiger partial charge in [0.25, 0.3) is 11.8 Å². The molecule has 4 rings (SSSR count). The third kappa shape index (κ3) is 6.84. The Morgan fingerprint density at radius 2 is 2.00 bits per heavy atom. The number of aromatic nitrogens is 3. The number of oxime groups is 1. The molecule has 2 amide bonds. The fourth-order valence-electron chi connectivity index (χ4n) is 4.40. The van der Waals surface area contributed by atoms with E-state index in [0.717, 1.165) is 16.4 Å². The molecule has 7 N–H and O–H groups in total. The van der Waals surface area contributed by atoms with Crippen molar-refractivity contribution in [3.63, 3.8) is 0 Å². The first-order chi connectivity index (χ1) is 20.5. The number of aromatic hydroxyl groups is 1. The first-order valence-electron chi connectivity index (χ1n) is 13.0. The lowest BCUT2D eigenvalue weighted by molar-refractivity contribution is -0.885. The maximum Gasteiger partial charge on any atom is 0.352 e. The molecule has 236 valence electrons. The quantitative estimate of drug-likeness (QED) is 0.0709. The molecule has 2 atom stereocenters. The van der Waals surface area contributed by atoms with Gasteiger partial charge in [0.15, 0.2) is 10.9 Å². The van der Waals surface area contributed by atoms with Gasteiger partial charge in [-0.1, -0.05) is 5.16 Å². The first kappa shape index (κ1) is 32.4. The molecular weight excluding hydrogens is 620 g/mol. The maximum absolute atomic E-state index is 13.2. The van der Waals surface area contributed by atoms with Crippen LogP contribution in [-0.4, -0.2) is 118 Å². The number of aromatic amines is 1. The number of nitrogen functional groups attached to an aromatic ring is 1. The zero-order chi connectivity index (χ0) is 32.6. The second-order valence-electron chi connectivity index (χ2n) is 11.2. The van der Waals surface area contributed by atoms with E-state index in [1.54, 1.807) is 0 Å². The van der Waals surface area contributed by atoms with Crippen LogP contribution in [0.25, 0.3) is 0 Å². The Morgan fingerprint density at radius 1 is 1.30 bits per heavy atom. The van der Waals surface area contributed by atoms with Crippen LogP contribution in [0.1, 0.15) is 25.4 Å². The molecule has 2 aromatic heterocycles. The summed E-state index contributed by atoms with van der Waals surface area (Å²) in [5, 5.41) is 34.3. The summed E-state index contributed by atoms with van der Waals surface area (Å²) in [6.45, 7) is 3.23. The lowest BCUT2D eigenvalue weighted by Gasteiger charge is -2.49. The zero-order valence-corrected chi connectivity index (χ0v) is 25.7. The van der Waals surface area contributed by atoms with Crippen LogP contribution in [0.2, 0.25) is 0 Å². The van der Waals surface area contributed by atoms with E-state index < -0.39 is 51.9 Å². The smallest absolute Gasteiger partial charge is 0.352 e. The van der Waals surface area contributed by atoms with Crippen molar-refractivity contribution in [2.45, 2.75) is 37.3 Å². The molecule has 2 aromatic rings. The number of thioether (sulfide) groups is 1. The summed E-state index contributed by atoms with van der Waals surface area (Å²) >= 11 is 2.04. The number of hydrogen-bond donors (Lipinski definition) is 6. The van der Waals surface area contributed by atoms with E-state index in [2.05, 4.69) is 24.8 Å². The van der Waals surface area contributed by atoms with Gasteiger partial charge in [-0.3, -0.25) is 19.3 Å². The first-order valence-corrected chi connectivity index (χ1v) is 14.9. The summed E-state index contributed by atoms with van der Waals surface area (Å²) < 4.78 is 4.26. The van der Waals surface area contributed by atoms with Gasteiger partial charge in [-0.15, -0.1) is 11.8 Å². The molecule has 0 aliphatic carbocycles. The van der Waals surface area contributed by atoms with Crippen LogP contribution < -0.4 is 16.5 Å². The molecule has 44 heavy (non-hydrogen) atoms. The van der Waals surface area contributed by atoms with Crippen LogP contribution in [0.15, 0.2) is 33.5 Å². The van der Waals surface area contributed by atoms with E-state index in [0.29, 0.717) is 28.7 Å². The van der Waals surface area contributed by atoms with Gasteiger partial charge in [0.2, 0.25) is 22.6 Å². The van der Waals surface area contributed by atoms with Gasteiger partial charge in [-0.2, -0.15) is 9.36 Å². The van der Waals surface area contributed by atoms with Crippen LogP contribution in [-0.2, 0) is 30.4 Å². The highest BCUT2D eigenvalue weighted by Crippen LogP contribution is 2.41. The third-order valence-electron chi connectivity index (χ3n) is 6.84. The van der Waals surface area contributed by atoms with Crippen LogP contribution in [0.3, 0.4) is 0 Å². The highest BCUT2D eigenvalue weighted by atomic mass is 32.2. The van der Waals surface area contributed by atoms with E-state index >= 15 is 0 Å². The van der Waals surface area contributed by atoms with Crippen molar-refractivity contribution in [1.29, 1.82) is 0 Å². The topological polar surface area (TPSA) is 250 Å². The lowest BCUT2D eigenvalue weighted by Crippen LogP contribution is -2.71. The zero-order valence-electron chi connectivity index (χ0n) is 24.1. The summed E-state index contributed by atoms with van der Waals surface area (Å²) in [6.07, 6.45) is 1.66. The number of carbonyl (C=O) groups is 4. The van der Waals surface area contributed by atoms with Crippen molar-refractivity contribution in [3.05, 3.63) is 45.3 Å². The van der Waals surface area contributed by atoms with Crippen LogP contribution in [0, 0.1) is 0 Å². The number of carbonyl (C=O) groups excluding carboxylic acids is 2. The number of β-lactam (4-membered cyclic amide) rings is 1. The number of nitrogens with two attached hydrogens (primary N) is 1. The van der Waals surface area contributed by atoms with Gasteiger partial charge in [0.05, 0.1) is 20.6 Å². The number of H-pyrrole nitrogens is 1. The summed E-state index contributed by atoms with van der Waals surface area (Å²) in [4.78, 5) is 75.0. The van der Waals surface area contributed by atoms with Crippen molar-refractivity contribution >= 4 is 57.9 Å². The van der Waals surface area contributed by atoms with Gasteiger partial charge in [-0.25, -0.2) is 9.59 Å². The number of aliphatic carboxylic acids is 2. The standard InChI is InChI=1S/C25H30N8O9S2/c1-25(2,23(40)41)42-30-15(18-29-24(26)44-31-18)19(36)28-16-20(37)32-17(22(38)39)11(10-43-21(16)32)9-33(3,4)6-5-12-7-13(34)14(35)8-27-12/h7-8,16,21H,5-6,9-10H2,1-4H3,(H6-,26,27,28,29,30,31,34,35,36,38,39,40,41)/p+1/t16-,21+/m1/s1. The molecule has 0 radical (unpaired) electrons. The number of carboxylic acid groups (broad SMARTS) is 2. The molecule has 2 aliphatic heterocycles. The van der Waals surface area contributed by atoms with Crippen molar-refractivity contribution in [2.24, 2.45) is 5.16 Å². The molecule has 0 aromatic carbocycles. The number of nitrogens with zero attached hydrogens (tertiary/aromatic N) is 5. The molecule has 17 nitrogen and oxygen atoms in total. The predicted octanol–water partition coefficient (Wildman–Crippen LogP) is -0.844. The summed E-state index contributed by atoms with van der Waals surface area (Å²) in [5.41, 5.74) is 3.77. The summed E-state index contributed by atoms with van der Waals surface area (Å²) in [7, 11) is 3.77. The third-order valence-corrected chi connectivity index (χ3v) is 8.72. The number of quaternary nitrogens is 1. The second kappa shape index (κ2) is 12.2. The molecular formula is C25H31N8O9S2+. The molecule has 4 heterocycles. The normalized spacial score (nSPS) is 18.9. The summed E-state index contributed by atoms with van der Waals surface area (Å²) in [6, 6.07) is 0.186. The molecule has 1 fully saturated rings. The van der Waals surface area contributed by atoms with E-state index in [1.165, 1.54) is 37.9 Å². The number of pyridine rings is 1. The Labute approximate surface area is 258 Å². The van der Waals surface area contributed by atoms with Gasteiger partial charge in [0, 0.05) is 47.2 Å². The fourth-order valence-corrected chi connectivity index (χ4v) is 6.17. The number of anilines is 1. The Kier molecular flexibility index (Phi) is 9.03. The Morgan fingerprint density at radius 3 is 2.59 bits per heavy atom. The largest absolute Gasteiger partial charge is 0.503 e. The maximum atomic E-state index is 13.2. The summed E-state index contributed by atoms with van der Waals surface area (Å²) in [5.74, 6) is -4.61. The minimum Gasteiger partial charge on any atom is -0.503 e. The van der Waals surface area contributed by atoms with Crippen LogP contribution >= 0.6 is 23.3 Å². The molecule has 0 unspecified atom stereocenters. The van der Waals surface area contributed by atoms with E-state index in [1.807, 2.05) is 14.1 Å². The number of rotatable bonds is 12. The Hall–Kier alpha value is -4.49. The fraction of sp³-hybridized carbons (Fsp3) is 0.440. The number of likely N-dealkylation sites (N-methyl/N-ethyl adjacent to an activating group) is 1. The van der Waals surface area contributed by atoms with Crippen LogP contribution in [0.5, 0.6) is 5.75 Å². The lowest BCUT2D eigenvalue weighted by atomic mass is 10.0.